The van der Waals surface area contributed by atoms with E-state index in [-0.39, 0.29) is 16.3 Å². The number of rotatable bonds is 3. The van der Waals surface area contributed by atoms with E-state index in [1.54, 1.807) is 24.3 Å². The molecule has 2 N–H and O–H groups in total. The zero-order chi connectivity index (χ0) is 19.9. The van der Waals surface area contributed by atoms with Crippen LogP contribution in [-0.2, 0) is 6.18 Å². The molecule has 0 aliphatic carbocycles. The number of alkyl halides is 3. The van der Waals surface area contributed by atoms with Gasteiger partial charge in [-0.15, -0.1) is 5.10 Å². The van der Waals surface area contributed by atoms with Gasteiger partial charge in [-0.3, -0.25) is 10.1 Å². The quantitative estimate of drug-likeness (QED) is 0.297. The molecule has 0 aliphatic rings. The Bertz CT molecular complexity index is 1110. The predicted octanol–water partition coefficient (Wildman–Crippen LogP) is 4.36. The minimum absolute atomic E-state index is 0.0970. The second-order valence-corrected chi connectivity index (χ2v) is 6.10. The molecule has 1 heterocycles. The van der Waals surface area contributed by atoms with Crippen LogP contribution in [0.3, 0.4) is 0 Å². The lowest BCUT2D eigenvalue weighted by molar-refractivity contribution is -0.384. The number of nitro groups is 1. The molecular formula is C15H9ClF3N5O2S. The molecule has 2 aromatic carbocycles. The van der Waals surface area contributed by atoms with Crippen molar-refractivity contribution < 1.29 is 18.1 Å². The fraction of sp³-hybridized carbons (Fsp3) is 0.0667. The highest BCUT2D eigenvalue weighted by molar-refractivity contribution is 7.71. The molecule has 1 aromatic heterocycles. The van der Waals surface area contributed by atoms with E-state index in [2.05, 4.69) is 5.10 Å². The van der Waals surface area contributed by atoms with Crippen LogP contribution in [-0.4, -0.2) is 19.4 Å². The fourth-order valence-electron chi connectivity index (χ4n) is 2.39. The van der Waals surface area contributed by atoms with E-state index in [0.717, 1.165) is 15.4 Å². The first kappa shape index (κ1) is 18.9. The predicted molar refractivity (Wildman–Crippen MR) is 94.6 cm³/mol. The normalized spacial score (nSPS) is 11.6. The monoisotopic (exact) mass is 415 g/mol. The number of aromatic nitrogens is 3. The summed E-state index contributed by atoms with van der Waals surface area (Å²) in [6, 6.07) is 8.58. The summed E-state index contributed by atoms with van der Waals surface area (Å²) >= 11 is 11.2. The lowest BCUT2D eigenvalue weighted by Crippen LogP contribution is -2.11. The highest BCUT2D eigenvalue weighted by atomic mass is 35.5. The van der Waals surface area contributed by atoms with Crippen molar-refractivity contribution in [2.45, 2.75) is 6.18 Å². The minimum Gasteiger partial charge on any atom is -0.335 e. The van der Waals surface area contributed by atoms with Crippen molar-refractivity contribution in [3.05, 3.63) is 67.9 Å². The van der Waals surface area contributed by atoms with Crippen molar-refractivity contribution >= 4 is 29.5 Å². The molecule has 27 heavy (non-hydrogen) atoms. The smallest absolute Gasteiger partial charge is 0.335 e. The van der Waals surface area contributed by atoms with Crippen LogP contribution in [0.4, 0.5) is 18.9 Å². The molecule has 0 amide bonds. The van der Waals surface area contributed by atoms with Crippen LogP contribution >= 0.6 is 23.8 Å². The Balaban J connectivity index is 2.24. The van der Waals surface area contributed by atoms with Gasteiger partial charge in [0, 0.05) is 11.6 Å². The lowest BCUT2D eigenvalue weighted by atomic mass is 10.1. The zero-order valence-corrected chi connectivity index (χ0v) is 14.7. The molecule has 0 unspecified atom stereocenters. The van der Waals surface area contributed by atoms with Gasteiger partial charge in [-0.05, 0) is 36.5 Å². The molecule has 3 rings (SSSR count). The van der Waals surface area contributed by atoms with Gasteiger partial charge in [0.25, 0.3) is 5.69 Å². The average Bonchev–Trinajstić information content (AvgIpc) is 2.89. The Hall–Kier alpha value is -2.92. The summed E-state index contributed by atoms with van der Waals surface area (Å²) in [6.45, 7) is 0. The molecule has 0 saturated heterocycles. The van der Waals surface area contributed by atoms with Gasteiger partial charge in [0.05, 0.1) is 15.5 Å². The van der Waals surface area contributed by atoms with Gasteiger partial charge in [-0.2, -0.15) is 17.9 Å². The number of benzene rings is 2. The van der Waals surface area contributed by atoms with Gasteiger partial charge in [-0.25, -0.2) is 4.68 Å². The van der Waals surface area contributed by atoms with Crippen molar-refractivity contribution in [2.24, 2.45) is 0 Å². The molecular weight excluding hydrogens is 407 g/mol. The molecule has 0 fully saturated rings. The van der Waals surface area contributed by atoms with Crippen LogP contribution in [0.15, 0.2) is 42.5 Å². The lowest BCUT2D eigenvalue weighted by Gasteiger charge is -2.08. The molecule has 0 radical (unpaired) electrons. The molecule has 140 valence electrons. The standard InChI is InChI=1S/C15H9ClF3N5O2S/c16-10-4-2-1-3-9(10)13-21-23(14(27)22(13)20)11-6-5-8(15(17,18)19)7-12(11)24(25)26/h1-7H,20H2. The maximum Gasteiger partial charge on any atom is 0.416 e. The van der Waals surface area contributed by atoms with Crippen molar-refractivity contribution in [2.75, 3.05) is 5.84 Å². The maximum atomic E-state index is 12.9. The number of nitrogens with zero attached hydrogens (tertiary/aromatic N) is 4. The van der Waals surface area contributed by atoms with Gasteiger partial charge in [0.2, 0.25) is 4.77 Å². The number of nitrogens with two attached hydrogens (primary N) is 1. The van der Waals surface area contributed by atoms with Crippen LogP contribution in [0.1, 0.15) is 5.56 Å². The Morgan fingerprint density at radius 2 is 1.89 bits per heavy atom. The number of halogens is 4. The molecule has 0 aliphatic heterocycles. The largest absolute Gasteiger partial charge is 0.416 e. The Labute approximate surface area is 159 Å². The second kappa shape index (κ2) is 6.67. The van der Waals surface area contributed by atoms with Crippen LogP contribution in [0.5, 0.6) is 0 Å². The van der Waals surface area contributed by atoms with E-state index < -0.39 is 22.4 Å². The molecule has 12 heteroatoms. The third-order valence-electron chi connectivity index (χ3n) is 3.65. The SMILES string of the molecule is Nn1c(-c2ccccc2Cl)nn(-c2ccc(C(F)(F)F)cc2[N+](=O)[O-])c1=S. The van der Waals surface area contributed by atoms with Gasteiger partial charge in [0.1, 0.15) is 5.69 Å². The molecule has 0 bridgehead atoms. The third kappa shape index (κ3) is 3.38. The highest BCUT2D eigenvalue weighted by Crippen LogP contribution is 2.35. The number of hydrogen-bond acceptors (Lipinski definition) is 5. The van der Waals surface area contributed by atoms with Crippen molar-refractivity contribution in [1.82, 2.24) is 14.5 Å². The van der Waals surface area contributed by atoms with Crippen LogP contribution in [0.25, 0.3) is 17.1 Å². The first-order valence-corrected chi connectivity index (χ1v) is 7.98. The van der Waals surface area contributed by atoms with E-state index in [9.17, 15) is 23.3 Å². The summed E-state index contributed by atoms with van der Waals surface area (Å²) in [4.78, 5) is 10.4. The molecule has 7 nitrogen and oxygen atoms in total. The molecule has 0 atom stereocenters. The zero-order valence-electron chi connectivity index (χ0n) is 13.1. The van der Waals surface area contributed by atoms with Gasteiger partial charge in [0.15, 0.2) is 5.82 Å². The number of hydrogen-bond donors (Lipinski definition) is 1. The van der Waals surface area contributed by atoms with Crippen LogP contribution < -0.4 is 5.84 Å². The summed E-state index contributed by atoms with van der Waals surface area (Å²) in [6.07, 6.45) is -4.74. The van der Waals surface area contributed by atoms with E-state index in [1.807, 2.05) is 0 Å². The molecule has 3 aromatic rings. The minimum atomic E-state index is -4.74. The first-order valence-electron chi connectivity index (χ1n) is 7.19. The van der Waals surface area contributed by atoms with Gasteiger partial charge < -0.3 is 5.84 Å². The first-order chi connectivity index (χ1) is 12.6. The summed E-state index contributed by atoms with van der Waals surface area (Å²) in [5.74, 6) is 5.98. The fourth-order valence-corrected chi connectivity index (χ4v) is 2.83. The van der Waals surface area contributed by atoms with Crippen molar-refractivity contribution in [3.8, 4) is 17.1 Å². The number of nitrogen functional groups attached to an aromatic ring is 1. The second-order valence-electron chi connectivity index (χ2n) is 5.33. The molecule has 0 saturated carbocycles. The topological polar surface area (TPSA) is 91.9 Å². The van der Waals surface area contributed by atoms with E-state index in [0.29, 0.717) is 22.7 Å². The molecule has 0 spiro atoms. The van der Waals surface area contributed by atoms with Crippen LogP contribution in [0.2, 0.25) is 5.02 Å². The average molecular weight is 416 g/mol. The summed E-state index contributed by atoms with van der Waals surface area (Å²) in [5, 5.41) is 15.7. The number of nitro benzene ring substituents is 1. The summed E-state index contributed by atoms with van der Waals surface area (Å²) < 4.78 is 40.4. The van der Waals surface area contributed by atoms with Gasteiger partial charge in [-0.1, -0.05) is 23.7 Å². The van der Waals surface area contributed by atoms with Crippen molar-refractivity contribution in [3.63, 3.8) is 0 Å². The summed E-state index contributed by atoms with van der Waals surface area (Å²) in [5.41, 5.74) is -1.83. The highest BCUT2D eigenvalue weighted by Gasteiger charge is 2.33. The van der Waals surface area contributed by atoms with Crippen LogP contribution in [0, 0.1) is 14.9 Å². The maximum absolute atomic E-state index is 12.9. The summed E-state index contributed by atoms with van der Waals surface area (Å²) in [7, 11) is 0. The third-order valence-corrected chi connectivity index (χ3v) is 4.35. The Morgan fingerprint density at radius 1 is 1.22 bits per heavy atom. The Morgan fingerprint density at radius 3 is 2.48 bits per heavy atom. The van der Waals surface area contributed by atoms with E-state index in [4.69, 9.17) is 29.7 Å². The van der Waals surface area contributed by atoms with E-state index >= 15 is 0 Å². The van der Waals surface area contributed by atoms with Crippen molar-refractivity contribution in [1.29, 1.82) is 0 Å². The van der Waals surface area contributed by atoms with Gasteiger partial charge >= 0.3 is 6.18 Å². The Kier molecular flexibility index (Phi) is 4.66. The van der Waals surface area contributed by atoms with E-state index in [1.165, 1.54) is 0 Å².